The van der Waals surface area contributed by atoms with Crippen molar-refractivity contribution in [3.8, 4) is 5.75 Å². The third kappa shape index (κ3) is 4.68. The van der Waals surface area contributed by atoms with E-state index in [0.717, 1.165) is 0 Å². The van der Waals surface area contributed by atoms with E-state index < -0.39 is 5.82 Å². The van der Waals surface area contributed by atoms with Crippen LogP contribution in [0.25, 0.3) is 0 Å². The predicted molar refractivity (Wildman–Crippen MR) is 96.0 cm³/mol. The van der Waals surface area contributed by atoms with Gasteiger partial charge in [0.1, 0.15) is 23.7 Å². The minimum atomic E-state index is -0.511. The number of ether oxygens (including phenoxy) is 1. The van der Waals surface area contributed by atoms with Gasteiger partial charge in [0.05, 0.1) is 10.8 Å². The molecule has 0 aliphatic heterocycles. The van der Waals surface area contributed by atoms with Crippen molar-refractivity contribution < 1.29 is 13.9 Å². The third-order valence-electron chi connectivity index (χ3n) is 3.12. The molecule has 3 aromatic rings. The van der Waals surface area contributed by atoms with Crippen LogP contribution >= 0.6 is 34.7 Å². The molecule has 12 heteroatoms. The average molecular weight is 415 g/mol. The Bertz CT molecular complexity index is 905. The van der Waals surface area contributed by atoms with Crippen LogP contribution < -0.4 is 10.1 Å². The summed E-state index contributed by atoms with van der Waals surface area (Å²) >= 11 is 8.19. The number of hydrogen-bond donors (Lipinski definition) is 1. The fraction of sp³-hybridized carbons (Fsp3) is 0.214. The maximum absolute atomic E-state index is 13.1. The van der Waals surface area contributed by atoms with E-state index in [9.17, 15) is 9.18 Å². The molecule has 26 heavy (non-hydrogen) atoms. The Morgan fingerprint density at radius 1 is 1.42 bits per heavy atom. The van der Waals surface area contributed by atoms with E-state index in [0.29, 0.717) is 21.9 Å². The number of amides is 1. The number of hydrogen-bond acceptors (Lipinski definition) is 8. The fourth-order valence-electron chi connectivity index (χ4n) is 1.82. The van der Waals surface area contributed by atoms with Crippen LogP contribution in [0.1, 0.15) is 5.82 Å². The van der Waals surface area contributed by atoms with Gasteiger partial charge >= 0.3 is 0 Å². The van der Waals surface area contributed by atoms with E-state index >= 15 is 0 Å². The van der Waals surface area contributed by atoms with Crippen LogP contribution in [0, 0.1) is 5.82 Å². The lowest BCUT2D eigenvalue weighted by atomic mass is 10.3. The summed E-state index contributed by atoms with van der Waals surface area (Å²) in [6, 6.07) is 4.10. The van der Waals surface area contributed by atoms with E-state index in [1.165, 1.54) is 46.8 Å². The van der Waals surface area contributed by atoms with E-state index in [1.807, 2.05) is 0 Å². The number of benzene rings is 1. The number of aromatic nitrogens is 5. The average Bonchev–Trinajstić information content (AvgIpc) is 3.24. The molecule has 3 rings (SSSR count). The van der Waals surface area contributed by atoms with E-state index in [2.05, 4.69) is 25.7 Å². The molecule has 1 N–H and O–H groups in total. The Morgan fingerprint density at radius 3 is 3.00 bits per heavy atom. The zero-order chi connectivity index (χ0) is 18.5. The number of thioether (sulfide) groups is 1. The zero-order valence-corrected chi connectivity index (χ0v) is 15.7. The first-order chi connectivity index (χ1) is 12.5. The Balaban J connectivity index is 1.53. The zero-order valence-electron chi connectivity index (χ0n) is 13.3. The fourth-order valence-corrected chi connectivity index (χ4v) is 3.19. The molecule has 136 valence electrons. The van der Waals surface area contributed by atoms with Gasteiger partial charge < -0.3 is 9.30 Å². The largest absolute Gasteiger partial charge is 0.486 e. The van der Waals surface area contributed by atoms with Gasteiger partial charge in [0.15, 0.2) is 11.0 Å². The second-order valence-electron chi connectivity index (χ2n) is 4.90. The van der Waals surface area contributed by atoms with E-state index in [4.69, 9.17) is 16.3 Å². The van der Waals surface area contributed by atoms with Gasteiger partial charge in [0, 0.05) is 13.1 Å². The summed E-state index contributed by atoms with van der Waals surface area (Å²) in [5, 5.41) is 19.1. The molecule has 0 radical (unpaired) electrons. The van der Waals surface area contributed by atoms with Gasteiger partial charge in [-0.2, -0.15) is 0 Å². The van der Waals surface area contributed by atoms with Gasteiger partial charge in [-0.1, -0.05) is 34.7 Å². The summed E-state index contributed by atoms with van der Waals surface area (Å²) in [6.07, 6.45) is 0. The van der Waals surface area contributed by atoms with Crippen molar-refractivity contribution in [1.29, 1.82) is 0 Å². The normalized spacial score (nSPS) is 10.7. The summed E-state index contributed by atoms with van der Waals surface area (Å²) in [7, 11) is 1.77. The van der Waals surface area contributed by atoms with Crippen LogP contribution in [0.15, 0.2) is 28.9 Å². The molecule has 0 aliphatic rings. The van der Waals surface area contributed by atoms with Crippen molar-refractivity contribution in [3.63, 3.8) is 0 Å². The molecular weight excluding hydrogens is 403 g/mol. The molecule has 0 saturated heterocycles. The quantitative estimate of drug-likeness (QED) is 0.594. The lowest BCUT2D eigenvalue weighted by molar-refractivity contribution is -0.113. The minimum Gasteiger partial charge on any atom is -0.486 e. The van der Waals surface area contributed by atoms with Gasteiger partial charge in [0.2, 0.25) is 11.0 Å². The standard InChI is InChI=1S/C14H12ClFN6O2S2/c1-22-11(5-24-8-2-3-10(16)9(15)4-8)19-21-14(22)25-6-12(23)18-13-20-17-7-26-13/h2-4,7H,5-6H2,1H3,(H,18,20,23). The second kappa shape index (κ2) is 8.43. The van der Waals surface area contributed by atoms with Crippen molar-refractivity contribution in [2.45, 2.75) is 11.8 Å². The lowest BCUT2D eigenvalue weighted by Crippen LogP contribution is -2.14. The smallest absolute Gasteiger partial charge is 0.236 e. The van der Waals surface area contributed by atoms with Gasteiger partial charge in [-0.15, -0.1) is 20.4 Å². The monoisotopic (exact) mass is 414 g/mol. The lowest BCUT2D eigenvalue weighted by Gasteiger charge is -2.07. The van der Waals surface area contributed by atoms with Crippen molar-refractivity contribution >= 4 is 45.7 Å². The number of anilines is 1. The highest BCUT2D eigenvalue weighted by Gasteiger charge is 2.13. The molecule has 0 unspecified atom stereocenters. The summed E-state index contributed by atoms with van der Waals surface area (Å²) < 4.78 is 20.4. The third-order valence-corrected chi connectivity index (χ3v) is 5.04. The van der Waals surface area contributed by atoms with Crippen LogP contribution in [0.4, 0.5) is 9.52 Å². The van der Waals surface area contributed by atoms with E-state index in [-0.39, 0.29) is 23.3 Å². The highest BCUT2D eigenvalue weighted by molar-refractivity contribution is 7.99. The molecule has 2 heterocycles. The molecule has 0 atom stereocenters. The maximum atomic E-state index is 13.1. The predicted octanol–water partition coefficient (Wildman–Crippen LogP) is 2.77. The van der Waals surface area contributed by atoms with Crippen LogP contribution in [0.5, 0.6) is 5.75 Å². The summed E-state index contributed by atoms with van der Waals surface area (Å²) in [4.78, 5) is 11.9. The van der Waals surface area contributed by atoms with Crippen molar-refractivity contribution in [2.75, 3.05) is 11.1 Å². The van der Waals surface area contributed by atoms with Crippen molar-refractivity contribution in [3.05, 3.63) is 40.4 Å². The van der Waals surface area contributed by atoms with Crippen LogP contribution in [-0.2, 0) is 18.4 Å². The highest BCUT2D eigenvalue weighted by atomic mass is 35.5. The Kier molecular flexibility index (Phi) is 6.01. The molecule has 0 fully saturated rings. The number of rotatable bonds is 7. The number of nitrogens with one attached hydrogen (secondary N) is 1. The van der Waals surface area contributed by atoms with Crippen molar-refractivity contribution in [1.82, 2.24) is 25.0 Å². The Morgan fingerprint density at radius 2 is 2.27 bits per heavy atom. The first-order valence-electron chi connectivity index (χ1n) is 7.18. The van der Waals surface area contributed by atoms with Crippen LogP contribution in [0.2, 0.25) is 5.02 Å². The van der Waals surface area contributed by atoms with Crippen LogP contribution in [0.3, 0.4) is 0 Å². The summed E-state index contributed by atoms with van der Waals surface area (Å²) in [5.74, 6) is 0.402. The first-order valence-corrected chi connectivity index (χ1v) is 9.42. The van der Waals surface area contributed by atoms with Gasteiger partial charge in [0.25, 0.3) is 0 Å². The van der Waals surface area contributed by atoms with Gasteiger partial charge in [-0.25, -0.2) is 4.39 Å². The minimum absolute atomic E-state index is 0.0156. The molecule has 1 aromatic carbocycles. The first kappa shape index (κ1) is 18.5. The maximum Gasteiger partial charge on any atom is 0.236 e. The van der Waals surface area contributed by atoms with Crippen molar-refractivity contribution in [2.24, 2.45) is 7.05 Å². The molecule has 0 bridgehead atoms. The Labute approximate surface area is 160 Å². The Hall–Kier alpha value is -2.24. The molecule has 2 aromatic heterocycles. The van der Waals surface area contributed by atoms with Crippen LogP contribution in [-0.4, -0.2) is 36.6 Å². The number of nitrogens with zero attached hydrogens (tertiary/aromatic N) is 5. The number of carbonyl (C=O) groups is 1. The van der Waals surface area contributed by atoms with Gasteiger partial charge in [-0.3, -0.25) is 10.1 Å². The topological polar surface area (TPSA) is 94.8 Å². The highest BCUT2D eigenvalue weighted by Crippen LogP contribution is 2.22. The molecule has 8 nitrogen and oxygen atoms in total. The van der Waals surface area contributed by atoms with E-state index in [1.54, 1.807) is 11.6 Å². The number of halogens is 2. The molecular formula is C14H12ClFN6O2S2. The molecule has 0 spiro atoms. The number of carbonyl (C=O) groups excluding carboxylic acids is 1. The second-order valence-corrected chi connectivity index (χ2v) is 7.09. The molecule has 0 aliphatic carbocycles. The molecule has 1 amide bonds. The summed E-state index contributed by atoms with van der Waals surface area (Å²) in [5.41, 5.74) is 1.53. The van der Waals surface area contributed by atoms with Gasteiger partial charge in [-0.05, 0) is 12.1 Å². The summed E-state index contributed by atoms with van der Waals surface area (Å²) in [6.45, 7) is 0.128. The molecule has 0 saturated carbocycles. The SMILES string of the molecule is Cn1c(COc2ccc(F)c(Cl)c2)nnc1SCC(=O)Nc1nncs1.